The first-order valence-electron chi connectivity index (χ1n) is 6.75. The summed E-state index contributed by atoms with van der Waals surface area (Å²) in [6.45, 7) is 5.70. The number of aliphatic hydroxyl groups excluding tert-OH is 1. The van der Waals surface area contributed by atoms with Crippen LogP contribution in [0.1, 0.15) is 43.6 Å². The molecular weight excluding hydrogens is 278 g/mol. The standard InChI is InChI=1S/C13H21N3O3S/c1-13(2,3)16(12(18)19)9-4-8(5-9)6-10-14-15-11(7-17)20-10/h8-9,17H,4-7H2,1-3H3,(H,18,19). The van der Waals surface area contributed by atoms with Crippen LogP contribution in [-0.4, -0.2) is 43.0 Å². The zero-order valence-corrected chi connectivity index (χ0v) is 12.9. The molecule has 1 amide bonds. The fraction of sp³-hybridized carbons (Fsp3) is 0.769. The van der Waals surface area contributed by atoms with Gasteiger partial charge in [-0.3, -0.25) is 0 Å². The van der Waals surface area contributed by atoms with E-state index in [4.69, 9.17) is 5.11 Å². The third-order valence-electron chi connectivity index (χ3n) is 3.61. The molecule has 1 aliphatic carbocycles. The van der Waals surface area contributed by atoms with Crippen molar-refractivity contribution in [2.24, 2.45) is 5.92 Å². The quantitative estimate of drug-likeness (QED) is 0.889. The van der Waals surface area contributed by atoms with E-state index in [2.05, 4.69) is 10.2 Å². The van der Waals surface area contributed by atoms with E-state index < -0.39 is 6.09 Å². The van der Waals surface area contributed by atoms with E-state index in [-0.39, 0.29) is 18.2 Å². The van der Waals surface area contributed by atoms with E-state index in [0.717, 1.165) is 24.3 Å². The summed E-state index contributed by atoms with van der Waals surface area (Å²) in [5.41, 5.74) is -0.367. The van der Waals surface area contributed by atoms with Crippen LogP contribution < -0.4 is 0 Å². The van der Waals surface area contributed by atoms with Crippen molar-refractivity contribution in [1.29, 1.82) is 0 Å². The third-order valence-corrected chi connectivity index (χ3v) is 4.54. The minimum atomic E-state index is -0.848. The molecule has 1 saturated carbocycles. The fourth-order valence-corrected chi connectivity index (χ4v) is 3.57. The Morgan fingerprint density at radius 3 is 2.40 bits per heavy atom. The van der Waals surface area contributed by atoms with Gasteiger partial charge in [0.2, 0.25) is 0 Å². The number of carboxylic acid groups (broad SMARTS) is 1. The zero-order valence-electron chi connectivity index (χ0n) is 12.0. The number of aromatic nitrogens is 2. The first-order chi connectivity index (χ1) is 9.31. The Balaban J connectivity index is 1.88. The molecule has 0 aromatic carbocycles. The summed E-state index contributed by atoms with van der Waals surface area (Å²) in [6.07, 6.45) is 1.72. The molecule has 0 saturated heterocycles. The predicted molar refractivity (Wildman–Crippen MR) is 75.7 cm³/mol. The van der Waals surface area contributed by atoms with Crippen LogP contribution in [-0.2, 0) is 13.0 Å². The monoisotopic (exact) mass is 299 g/mol. The van der Waals surface area contributed by atoms with E-state index in [1.807, 2.05) is 20.8 Å². The molecule has 0 aliphatic heterocycles. The van der Waals surface area contributed by atoms with Crippen molar-refractivity contribution in [3.63, 3.8) is 0 Å². The highest BCUT2D eigenvalue weighted by molar-refractivity contribution is 7.11. The van der Waals surface area contributed by atoms with Gasteiger partial charge in [-0.25, -0.2) is 4.79 Å². The van der Waals surface area contributed by atoms with Gasteiger partial charge in [0.15, 0.2) is 0 Å². The number of aliphatic hydroxyl groups is 1. The van der Waals surface area contributed by atoms with Crippen LogP contribution >= 0.6 is 11.3 Å². The van der Waals surface area contributed by atoms with E-state index >= 15 is 0 Å². The van der Waals surface area contributed by atoms with Crippen LogP contribution in [0.2, 0.25) is 0 Å². The number of carbonyl (C=O) groups is 1. The Hall–Kier alpha value is -1.21. The Morgan fingerprint density at radius 2 is 1.95 bits per heavy atom. The average molecular weight is 299 g/mol. The molecule has 1 aromatic rings. The molecule has 112 valence electrons. The Morgan fingerprint density at radius 1 is 1.35 bits per heavy atom. The summed E-state index contributed by atoms with van der Waals surface area (Å²) in [7, 11) is 0. The maximum atomic E-state index is 11.4. The number of nitrogens with zero attached hydrogens (tertiary/aromatic N) is 3. The lowest BCUT2D eigenvalue weighted by atomic mass is 9.76. The molecule has 0 atom stereocenters. The minimum absolute atomic E-state index is 0.0677. The molecule has 2 rings (SSSR count). The number of amides is 1. The van der Waals surface area contributed by atoms with Crippen molar-refractivity contribution >= 4 is 17.4 Å². The second-order valence-corrected chi connectivity index (χ2v) is 7.41. The predicted octanol–water partition coefficient (Wildman–Crippen LogP) is 2.13. The molecule has 7 heteroatoms. The molecule has 20 heavy (non-hydrogen) atoms. The van der Waals surface area contributed by atoms with Gasteiger partial charge in [0, 0.05) is 18.0 Å². The van der Waals surface area contributed by atoms with Crippen molar-refractivity contribution in [3.8, 4) is 0 Å². The van der Waals surface area contributed by atoms with Crippen molar-refractivity contribution < 1.29 is 15.0 Å². The molecule has 0 spiro atoms. The van der Waals surface area contributed by atoms with Crippen molar-refractivity contribution in [1.82, 2.24) is 15.1 Å². The lowest BCUT2D eigenvalue weighted by Gasteiger charge is -2.47. The van der Waals surface area contributed by atoms with E-state index in [9.17, 15) is 9.90 Å². The Kier molecular flexibility index (Phi) is 4.29. The molecule has 1 aromatic heterocycles. The van der Waals surface area contributed by atoms with Gasteiger partial charge >= 0.3 is 6.09 Å². The summed E-state index contributed by atoms with van der Waals surface area (Å²) in [5, 5.41) is 27.8. The third kappa shape index (κ3) is 3.27. The molecule has 0 unspecified atom stereocenters. The van der Waals surface area contributed by atoms with Crippen molar-refractivity contribution in [2.45, 2.75) is 58.2 Å². The first kappa shape index (κ1) is 15.2. The highest BCUT2D eigenvalue weighted by Crippen LogP contribution is 2.37. The lowest BCUT2D eigenvalue weighted by Crippen LogP contribution is -2.56. The fourth-order valence-electron chi connectivity index (χ4n) is 2.75. The first-order valence-corrected chi connectivity index (χ1v) is 7.57. The van der Waals surface area contributed by atoms with Gasteiger partial charge in [-0.15, -0.1) is 10.2 Å². The van der Waals surface area contributed by atoms with Crippen LogP contribution in [0.25, 0.3) is 0 Å². The smallest absolute Gasteiger partial charge is 0.407 e. The molecule has 1 heterocycles. The molecular formula is C13H21N3O3S. The summed E-state index contributed by atoms with van der Waals surface area (Å²) >= 11 is 1.43. The highest BCUT2D eigenvalue weighted by atomic mass is 32.1. The van der Waals surface area contributed by atoms with Gasteiger partial charge in [0.05, 0.1) is 6.61 Å². The van der Waals surface area contributed by atoms with E-state index in [1.165, 1.54) is 11.3 Å². The normalized spacial score (nSPS) is 22.4. The number of hydrogen-bond donors (Lipinski definition) is 2. The summed E-state index contributed by atoms with van der Waals surface area (Å²) in [4.78, 5) is 12.9. The SMILES string of the molecule is CC(C)(C)N(C(=O)O)C1CC(Cc2nnc(CO)s2)C1. The van der Waals surface area contributed by atoms with Crippen LogP contribution in [0.5, 0.6) is 0 Å². The second kappa shape index (κ2) is 5.65. The zero-order chi connectivity index (χ0) is 14.9. The van der Waals surface area contributed by atoms with E-state index in [0.29, 0.717) is 10.9 Å². The van der Waals surface area contributed by atoms with Gasteiger partial charge in [-0.2, -0.15) is 0 Å². The maximum absolute atomic E-state index is 11.4. The van der Waals surface area contributed by atoms with Crippen molar-refractivity contribution in [2.75, 3.05) is 0 Å². The van der Waals surface area contributed by atoms with Crippen LogP contribution in [0.4, 0.5) is 4.79 Å². The van der Waals surface area contributed by atoms with Crippen LogP contribution in [0.3, 0.4) is 0 Å². The van der Waals surface area contributed by atoms with Gasteiger partial charge in [-0.1, -0.05) is 11.3 Å². The second-order valence-electron chi connectivity index (χ2n) is 6.27. The average Bonchev–Trinajstić information content (AvgIpc) is 2.71. The molecule has 2 N–H and O–H groups in total. The largest absolute Gasteiger partial charge is 0.465 e. The summed E-state index contributed by atoms with van der Waals surface area (Å²) in [5.74, 6) is 0.462. The molecule has 1 fully saturated rings. The molecule has 0 radical (unpaired) electrons. The summed E-state index contributed by atoms with van der Waals surface area (Å²) in [6, 6.07) is 0.0998. The van der Waals surface area contributed by atoms with Crippen LogP contribution in [0.15, 0.2) is 0 Å². The van der Waals surface area contributed by atoms with E-state index in [1.54, 1.807) is 4.90 Å². The topological polar surface area (TPSA) is 86.6 Å². The van der Waals surface area contributed by atoms with Gasteiger partial charge in [-0.05, 0) is 39.5 Å². The Bertz CT molecular complexity index is 477. The molecule has 1 aliphatic rings. The van der Waals surface area contributed by atoms with Crippen LogP contribution in [0, 0.1) is 5.92 Å². The minimum Gasteiger partial charge on any atom is -0.465 e. The highest BCUT2D eigenvalue weighted by Gasteiger charge is 2.41. The number of rotatable bonds is 4. The summed E-state index contributed by atoms with van der Waals surface area (Å²) < 4.78 is 0. The van der Waals surface area contributed by atoms with Gasteiger partial charge in [0.25, 0.3) is 0 Å². The number of hydrogen-bond acceptors (Lipinski definition) is 5. The maximum Gasteiger partial charge on any atom is 0.407 e. The van der Waals surface area contributed by atoms with Gasteiger partial charge < -0.3 is 15.1 Å². The lowest BCUT2D eigenvalue weighted by molar-refractivity contribution is 0.0188. The Labute approximate surface area is 122 Å². The molecule has 0 bridgehead atoms. The molecule has 6 nitrogen and oxygen atoms in total. The van der Waals surface area contributed by atoms with Gasteiger partial charge in [0.1, 0.15) is 10.0 Å². The van der Waals surface area contributed by atoms with Crippen molar-refractivity contribution in [3.05, 3.63) is 10.0 Å².